The van der Waals surface area contributed by atoms with E-state index < -0.39 is 0 Å². The highest BCUT2D eigenvalue weighted by molar-refractivity contribution is 5.98. The average molecular weight is 385 g/mol. The standard InChI is InChI=1S/C23H32N2O3/c1-22(2)13-23(15-28-3)14-25(12-19(22)23)21(27)17-9-6-10-18(11-17)24-20(26)16-7-4-5-8-16/h6,9-11,16,19H,4-5,7-8,12-15H2,1-3H3,(H,24,26)/t19-,23-/m1/s1. The van der Waals surface area contributed by atoms with Gasteiger partial charge in [0.2, 0.25) is 5.91 Å². The quantitative estimate of drug-likeness (QED) is 0.836. The number of rotatable bonds is 5. The van der Waals surface area contributed by atoms with Crippen LogP contribution in [0.1, 0.15) is 56.3 Å². The molecule has 1 aromatic carbocycles. The number of fused-ring (bicyclic) bond motifs is 1. The van der Waals surface area contributed by atoms with E-state index in [9.17, 15) is 9.59 Å². The van der Waals surface area contributed by atoms with Gasteiger partial charge in [0.1, 0.15) is 0 Å². The fourth-order valence-electron chi connectivity index (χ4n) is 6.11. The molecule has 0 spiro atoms. The number of anilines is 1. The van der Waals surface area contributed by atoms with Crippen LogP contribution in [0.5, 0.6) is 0 Å². The normalized spacial score (nSPS) is 28.7. The van der Waals surface area contributed by atoms with Crippen molar-refractivity contribution in [2.24, 2.45) is 22.7 Å². The minimum atomic E-state index is 0.0534. The number of methoxy groups -OCH3 is 1. The van der Waals surface area contributed by atoms with E-state index in [0.717, 1.165) is 50.9 Å². The summed E-state index contributed by atoms with van der Waals surface area (Å²) in [5.41, 5.74) is 1.72. The molecule has 152 valence electrons. The van der Waals surface area contributed by atoms with Gasteiger partial charge >= 0.3 is 0 Å². The number of nitrogens with zero attached hydrogens (tertiary/aromatic N) is 1. The smallest absolute Gasteiger partial charge is 0.253 e. The van der Waals surface area contributed by atoms with Crippen molar-refractivity contribution in [2.75, 3.05) is 32.1 Å². The highest BCUT2D eigenvalue weighted by Gasteiger charge is 2.63. The maximum atomic E-state index is 13.2. The molecule has 1 heterocycles. The van der Waals surface area contributed by atoms with Crippen LogP contribution in [0.4, 0.5) is 5.69 Å². The third-order valence-electron chi connectivity index (χ3n) is 7.22. The van der Waals surface area contributed by atoms with E-state index in [4.69, 9.17) is 4.74 Å². The lowest BCUT2D eigenvalue weighted by atomic mass is 9.48. The second kappa shape index (κ2) is 7.18. The van der Waals surface area contributed by atoms with Crippen LogP contribution < -0.4 is 5.32 Å². The second-order valence-electron chi connectivity index (χ2n) is 9.75. The Balaban J connectivity index is 1.46. The molecule has 5 heteroatoms. The maximum absolute atomic E-state index is 13.2. The summed E-state index contributed by atoms with van der Waals surface area (Å²) in [5.74, 6) is 0.735. The minimum absolute atomic E-state index is 0.0534. The molecule has 3 aliphatic rings. The van der Waals surface area contributed by atoms with Crippen molar-refractivity contribution in [3.05, 3.63) is 29.8 Å². The number of amides is 2. The number of hydrogen-bond donors (Lipinski definition) is 1. The highest BCUT2D eigenvalue weighted by atomic mass is 16.5. The summed E-state index contributed by atoms with van der Waals surface area (Å²) in [4.78, 5) is 27.6. The topological polar surface area (TPSA) is 58.6 Å². The van der Waals surface area contributed by atoms with E-state index in [1.807, 2.05) is 29.2 Å². The Kier molecular flexibility index (Phi) is 4.98. The minimum Gasteiger partial charge on any atom is -0.384 e. The van der Waals surface area contributed by atoms with Gasteiger partial charge in [-0.3, -0.25) is 9.59 Å². The van der Waals surface area contributed by atoms with Crippen LogP contribution in [0.2, 0.25) is 0 Å². The molecule has 0 bridgehead atoms. The summed E-state index contributed by atoms with van der Waals surface area (Å²) >= 11 is 0. The van der Waals surface area contributed by atoms with Gasteiger partial charge in [-0.05, 0) is 48.8 Å². The summed E-state index contributed by atoms with van der Waals surface area (Å²) in [6, 6.07) is 7.40. The van der Waals surface area contributed by atoms with Gasteiger partial charge in [-0.25, -0.2) is 0 Å². The molecular weight excluding hydrogens is 352 g/mol. The van der Waals surface area contributed by atoms with Gasteiger partial charge in [0.25, 0.3) is 5.91 Å². The molecule has 0 radical (unpaired) electrons. The van der Waals surface area contributed by atoms with Crippen LogP contribution in [0.15, 0.2) is 24.3 Å². The Morgan fingerprint density at radius 3 is 2.68 bits per heavy atom. The van der Waals surface area contributed by atoms with Crippen LogP contribution in [0, 0.1) is 22.7 Å². The van der Waals surface area contributed by atoms with Crippen molar-refractivity contribution in [1.82, 2.24) is 4.90 Å². The number of ether oxygens (including phenoxy) is 1. The Morgan fingerprint density at radius 1 is 1.25 bits per heavy atom. The number of hydrogen-bond acceptors (Lipinski definition) is 3. The van der Waals surface area contributed by atoms with Crippen LogP contribution >= 0.6 is 0 Å². The largest absolute Gasteiger partial charge is 0.384 e. The zero-order chi connectivity index (χ0) is 19.9. The maximum Gasteiger partial charge on any atom is 0.253 e. The third kappa shape index (κ3) is 3.34. The summed E-state index contributed by atoms with van der Waals surface area (Å²) in [5, 5.41) is 3.01. The first-order chi connectivity index (χ1) is 13.3. The van der Waals surface area contributed by atoms with E-state index in [0.29, 0.717) is 18.1 Å². The van der Waals surface area contributed by atoms with Crippen LogP contribution in [0.25, 0.3) is 0 Å². The van der Waals surface area contributed by atoms with Crippen LogP contribution in [-0.2, 0) is 9.53 Å². The average Bonchev–Trinajstić information content (AvgIpc) is 3.28. The zero-order valence-electron chi connectivity index (χ0n) is 17.3. The summed E-state index contributed by atoms with van der Waals surface area (Å²) < 4.78 is 5.50. The molecule has 1 N–H and O–H groups in total. The van der Waals surface area contributed by atoms with Crippen molar-refractivity contribution in [1.29, 1.82) is 0 Å². The fraction of sp³-hybridized carbons (Fsp3) is 0.652. The molecular formula is C23H32N2O3. The first kappa shape index (κ1) is 19.4. The zero-order valence-corrected chi connectivity index (χ0v) is 17.3. The van der Waals surface area contributed by atoms with Gasteiger partial charge in [0.05, 0.1) is 6.61 Å². The van der Waals surface area contributed by atoms with Gasteiger partial charge in [-0.15, -0.1) is 0 Å². The van der Waals surface area contributed by atoms with Gasteiger partial charge in [0, 0.05) is 42.8 Å². The van der Waals surface area contributed by atoms with Crippen LogP contribution in [-0.4, -0.2) is 43.5 Å². The molecule has 0 aromatic heterocycles. The molecule has 2 saturated carbocycles. The monoisotopic (exact) mass is 384 g/mol. The molecule has 2 atom stereocenters. The lowest BCUT2D eigenvalue weighted by molar-refractivity contribution is -0.119. The van der Waals surface area contributed by atoms with Gasteiger partial charge in [0.15, 0.2) is 0 Å². The Labute approximate surface area is 167 Å². The predicted octanol–water partition coefficient (Wildman–Crippen LogP) is 3.95. The molecule has 1 aliphatic heterocycles. The number of carbonyl (C=O) groups excluding carboxylic acids is 2. The molecule has 2 amide bonds. The molecule has 1 aromatic rings. The highest BCUT2D eigenvalue weighted by Crippen LogP contribution is 2.62. The molecule has 28 heavy (non-hydrogen) atoms. The molecule has 1 saturated heterocycles. The predicted molar refractivity (Wildman–Crippen MR) is 109 cm³/mol. The fourth-order valence-corrected chi connectivity index (χ4v) is 6.11. The van der Waals surface area contributed by atoms with E-state index >= 15 is 0 Å². The van der Waals surface area contributed by atoms with Gasteiger partial charge < -0.3 is 15.0 Å². The first-order valence-corrected chi connectivity index (χ1v) is 10.5. The molecule has 2 aliphatic carbocycles. The first-order valence-electron chi connectivity index (χ1n) is 10.5. The molecule has 3 fully saturated rings. The Morgan fingerprint density at radius 2 is 2.00 bits per heavy atom. The second-order valence-corrected chi connectivity index (χ2v) is 9.75. The summed E-state index contributed by atoms with van der Waals surface area (Å²) in [7, 11) is 1.75. The van der Waals surface area contributed by atoms with Crippen LogP contribution in [0.3, 0.4) is 0 Å². The Bertz CT molecular complexity index is 769. The van der Waals surface area contributed by atoms with Crippen molar-refractivity contribution in [3.8, 4) is 0 Å². The molecule has 5 nitrogen and oxygen atoms in total. The summed E-state index contributed by atoms with van der Waals surface area (Å²) in [6.45, 7) is 6.83. The number of benzene rings is 1. The lowest BCUT2D eigenvalue weighted by Crippen LogP contribution is -2.55. The molecule has 0 unspecified atom stereocenters. The molecule has 4 rings (SSSR count). The number of nitrogens with one attached hydrogen (secondary N) is 1. The van der Waals surface area contributed by atoms with Crippen molar-refractivity contribution in [3.63, 3.8) is 0 Å². The SMILES string of the molecule is COC[C@@]12CN(C(=O)c3cccc(NC(=O)C4CCCC4)c3)C[C@@H]1C(C)(C)C2. The Hall–Kier alpha value is -1.88. The van der Waals surface area contributed by atoms with E-state index in [-0.39, 0.29) is 28.6 Å². The van der Waals surface area contributed by atoms with E-state index in [1.54, 1.807) is 7.11 Å². The van der Waals surface area contributed by atoms with Crippen molar-refractivity contribution < 1.29 is 14.3 Å². The van der Waals surface area contributed by atoms with Gasteiger partial charge in [-0.1, -0.05) is 32.8 Å². The summed E-state index contributed by atoms with van der Waals surface area (Å²) in [6.07, 6.45) is 5.30. The number of likely N-dealkylation sites (tertiary alicyclic amines) is 1. The lowest BCUT2D eigenvalue weighted by Gasteiger charge is -2.56. The van der Waals surface area contributed by atoms with E-state index in [1.165, 1.54) is 0 Å². The van der Waals surface area contributed by atoms with Crippen molar-refractivity contribution in [2.45, 2.75) is 46.0 Å². The van der Waals surface area contributed by atoms with Crippen molar-refractivity contribution >= 4 is 17.5 Å². The van der Waals surface area contributed by atoms with Gasteiger partial charge in [-0.2, -0.15) is 0 Å². The third-order valence-corrected chi connectivity index (χ3v) is 7.22. The number of carbonyl (C=O) groups is 2. The van der Waals surface area contributed by atoms with E-state index in [2.05, 4.69) is 19.2 Å².